The standard InChI is InChI=1S/C14H20N2O3/c1-18-9-14(13(15)17,10-6-7-10)16-11-4-3-5-12(8-11)19-2/h3-5,8,10,16H,6-7,9H2,1-2H3,(H2,15,17). The first-order valence-corrected chi connectivity index (χ1v) is 6.33. The Hall–Kier alpha value is -1.75. The summed E-state index contributed by atoms with van der Waals surface area (Å²) in [5.74, 6) is 0.590. The van der Waals surface area contributed by atoms with E-state index >= 15 is 0 Å². The quantitative estimate of drug-likeness (QED) is 0.780. The molecule has 0 aliphatic heterocycles. The average molecular weight is 264 g/mol. The molecule has 1 amide bonds. The first kappa shape index (κ1) is 13.7. The number of rotatable bonds is 7. The second-order valence-electron chi connectivity index (χ2n) is 4.90. The zero-order valence-electron chi connectivity index (χ0n) is 11.3. The van der Waals surface area contributed by atoms with E-state index in [0.29, 0.717) is 0 Å². The topological polar surface area (TPSA) is 73.6 Å². The Balaban J connectivity index is 2.26. The van der Waals surface area contributed by atoms with Gasteiger partial charge in [0.25, 0.3) is 0 Å². The van der Waals surface area contributed by atoms with Gasteiger partial charge >= 0.3 is 0 Å². The van der Waals surface area contributed by atoms with Crippen molar-refractivity contribution in [2.24, 2.45) is 11.7 Å². The number of nitrogens with one attached hydrogen (secondary N) is 1. The van der Waals surface area contributed by atoms with Crippen LogP contribution in [-0.2, 0) is 9.53 Å². The molecule has 5 nitrogen and oxygen atoms in total. The largest absolute Gasteiger partial charge is 0.497 e. The number of hydrogen-bond donors (Lipinski definition) is 2. The van der Waals surface area contributed by atoms with Crippen LogP contribution in [-0.4, -0.2) is 32.3 Å². The van der Waals surface area contributed by atoms with E-state index in [1.54, 1.807) is 14.2 Å². The Bertz CT molecular complexity index is 460. The van der Waals surface area contributed by atoms with Crippen molar-refractivity contribution >= 4 is 11.6 Å². The maximum atomic E-state index is 11.9. The summed E-state index contributed by atoms with van der Waals surface area (Å²) in [7, 11) is 3.18. The highest BCUT2D eigenvalue weighted by molar-refractivity contribution is 5.89. The van der Waals surface area contributed by atoms with Gasteiger partial charge in [0.1, 0.15) is 11.3 Å². The van der Waals surface area contributed by atoms with Crippen LogP contribution in [0.4, 0.5) is 5.69 Å². The van der Waals surface area contributed by atoms with Gasteiger partial charge in [0.15, 0.2) is 0 Å². The van der Waals surface area contributed by atoms with Gasteiger partial charge in [0, 0.05) is 18.9 Å². The van der Waals surface area contributed by atoms with E-state index in [1.165, 1.54) is 0 Å². The highest BCUT2D eigenvalue weighted by Gasteiger charge is 2.50. The second kappa shape index (κ2) is 5.48. The van der Waals surface area contributed by atoms with E-state index in [2.05, 4.69) is 5.32 Å². The van der Waals surface area contributed by atoms with Crippen LogP contribution < -0.4 is 15.8 Å². The summed E-state index contributed by atoms with van der Waals surface area (Å²) in [5.41, 5.74) is 5.58. The van der Waals surface area contributed by atoms with Gasteiger partial charge in [-0.05, 0) is 30.9 Å². The number of methoxy groups -OCH3 is 2. The molecule has 0 aromatic heterocycles. The molecule has 1 unspecified atom stereocenters. The van der Waals surface area contributed by atoms with E-state index in [-0.39, 0.29) is 18.4 Å². The van der Waals surface area contributed by atoms with E-state index in [4.69, 9.17) is 15.2 Å². The summed E-state index contributed by atoms with van der Waals surface area (Å²) >= 11 is 0. The number of carbonyl (C=O) groups excluding carboxylic acids is 1. The van der Waals surface area contributed by atoms with Crippen LogP contribution >= 0.6 is 0 Å². The number of carbonyl (C=O) groups is 1. The van der Waals surface area contributed by atoms with Crippen LogP contribution in [0.2, 0.25) is 0 Å². The zero-order valence-corrected chi connectivity index (χ0v) is 11.3. The number of ether oxygens (including phenoxy) is 2. The maximum absolute atomic E-state index is 11.9. The number of nitrogens with two attached hydrogens (primary N) is 1. The molecule has 1 fully saturated rings. The fraction of sp³-hybridized carbons (Fsp3) is 0.500. The normalized spacial score (nSPS) is 17.6. The third-order valence-corrected chi connectivity index (χ3v) is 3.52. The predicted octanol–water partition coefficient (Wildman–Crippen LogP) is 1.39. The van der Waals surface area contributed by atoms with Gasteiger partial charge in [-0.25, -0.2) is 0 Å². The Morgan fingerprint density at radius 3 is 2.74 bits per heavy atom. The van der Waals surface area contributed by atoms with Crippen molar-refractivity contribution in [3.05, 3.63) is 24.3 Å². The monoisotopic (exact) mass is 264 g/mol. The Kier molecular flexibility index (Phi) is 3.95. The van der Waals surface area contributed by atoms with Gasteiger partial charge in [0.2, 0.25) is 5.91 Å². The molecule has 19 heavy (non-hydrogen) atoms. The van der Waals surface area contributed by atoms with Crippen LogP contribution in [0, 0.1) is 5.92 Å². The molecule has 1 aromatic carbocycles. The molecule has 3 N–H and O–H groups in total. The Morgan fingerprint density at radius 2 is 2.21 bits per heavy atom. The lowest BCUT2D eigenvalue weighted by Gasteiger charge is -2.32. The molecule has 0 heterocycles. The average Bonchev–Trinajstić information content (AvgIpc) is 3.22. The summed E-state index contributed by atoms with van der Waals surface area (Å²) in [5, 5.41) is 3.25. The first-order chi connectivity index (χ1) is 9.12. The van der Waals surface area contributed by atoms with Crippen molar-refractivity contribution < 1.29 is 14.3 Å². The molecule has 0 spiro atoms. The van der Waals surface area contributed by atoms with Crippen LogP contribution in [0.25, 0.3) is 0 Å². The van der Waals surface area contributed by atoms with Crippen molar-refractivity contribution in [1.29, 1.82) is 0 Å². The lowest BCUT2D eigenvalue weighted by molar-refractivity contribution is -0.124. The van der Waals surface area contributed by atoms with Crippen molar-refractivity contribution in [3.63, 3.8) is 0 Å². The van der Waals surface area contributed by atoms with Crippen LogP contribution in [0.5, 0.6) is 5.75 Å². The van der Waals surface area contributed by atoms with Crippen LogP contribution in [0.15, 0.2) is 24.3 Å². The van der Waals surface area contributed by atoms with Gasteiger partial charge in [-0.3, -0.25) is 4.79 Å². The summed E-state index contributed by atoms with van der Waals surface area (Å²) < 4.78 is 10.4. The molecule has 0 bridgehead atoms. The molecular formula is C14H20N2O3. The van der Waals surface area contributed by atoms with E-state index in [9.17, 15) is 4.79 Å². The third kappa shape index (κ3) is 2.81. The molecule has 0 saturated heterocycles. The van der Waals surface area contributed by atoms with Gasteiger partial charge in [-0.15, -0.1) is 0 Å². The molecular weight excluding hydrogens is 244 g/mol. The summed E-state index contributed by atoms with van der Waals surface area (Å²) in [6.45, 7) is 0.268. The number of benzene rings is 1. The van der Waals surface area contributed by atoms with Gasteiger partial charge in [0.05, 0.1) is 13.7 Å². The molecule has 1 saturated carbocycles. The molecule has 1 atom stereocenters. The number of hydrogen-bond acceptors (Lipinski definition) is 4. The van der Waals surface area contributed by atoms with E-state index in [0.717, 1.165) is 24.3 Å². The fourth-order valence-corrected chi connectivity index (χ4v) is 2.35. The number of primary amides is 1. The van der Waals surface area contributed by atoms with E-state index in [1.807, 2.05) is 24.3 Å². The number of amides is 1. The summed E-state index contributed by atoms with van der Waals surface area (Å²) in [6, 6.07) is 7.45. The molecule has 1 aliphatic carbocycles. The smallest absolute Gasteiger partial charge is 0.245 e. The van der Waals surface area contributed by atoms with E-state index < -0.39 is 5.54 Å². The summed E-state index contributed by atoms with van der Waals surface area (Å²) in [6.07, 6.45) is 1.98. The van der Waals surface area contributed by atoms with Crippen molar-refractivity contribution in [1.82, 2.24) is 0 Å². The number of anilines is 1. The molecule has 1 aliphatic rings. The van der Waals surface area contributed by atoms with Gasteiger partial charge in [-0.2, -0.15) is 0 Å². The highest BCUT2D eigenvalue weighted by atomic mass is 16.5. The van der Waals surface area contributed by atoms with Gasteiger partial charge in [-0.1, -0.05) is 6.07 Å². The highest BCUT2D eigenvalue weighted by Crippen LogP contribution is 2.42. The minimum Gasteiger partial charge on any atom is -0.497 e. The molecule has 0 radical (unpaired) electrons. The second-order valence-corrected chi connectivity index (χ2v) is 4.90. The minimum atomic E-state index is -0.832. The maximum Gasteiger partial charge on any atom is 0.245 e. The Morgan fingerprint density at radius 1 is 1.47 bits per heavy atom. The predicted molar refractivity (Wildman–Crippen MR) is 73.1 cm³/mol. The Labute approximate surface area is 113 Å². The fourth-order valence-electron chi connectivity index (χ4n) is 2.35. The minimum absolute atomic E-state index is 0.233. The third-order valence-electron chi connectivity index (χ3n) is 3.52. The molecule has 104 valence electrons. The first-order valence-electron chi connectivity index (χ1n) is 6.33. The van der Waals surface area contributed by atoms with Crippen molar-refractivity contribution in [2.45, 2.75) is 18.4 Å². The van der Waals surface area contributed by atoms with Gasteiger partial charge < -0.3 is 20.5 Å². The van der Waals surface area contributed by atoms with Crippen molar-refractivity contribution in [3.8, 4) is 5.75 Å². The lowest BCUT2D eigenvalue weighted by atomic mass is 9.92. The van der Waals surface area contributed by atoms with Crippen LogP contribution in [0.3, 0.4) is 0 Å². The zero-order chi connectivity index (χ0) is 13.9. The molecule has 2 rings (SSSR count). The SMILES string of the molecule is COCC(Nc1cccc(OC)c1)(C(N)=O)C1CC1. The van der Waals surface area contributed by atoms with Crippen molar-refractivity contribution in [2.75, 3.05) is 26.1 Å². The van der Waals surface area contributed by atoms with Crippen LogP contribution in [0.1, 0.15) is 12.8 Å². The summed E-state index contributed by atoms with van der Waals surface area (Å²) in [4.78, 5) is 11.9. The molecule has 5 heteroatoms. The molecule has 1 aromatic rings. The lowest BCUT2D eigenvalue weighted by Crippen LogP contribution is -2.55.